The summed E-state index contributed by atoms with van der Waals surface area (Å²) in [5.41, 5.74) is 5.35. The number of hydrogen-bond donors (Lipinski definition) is 3. The fraction of sp³-hybridized carbons (Fsp3) is 0.276. The van der Waals surface area contributed by atoms with Crippen molar-refractivity contribution in [1.29, 1.82) is 0 Å². The average molecular weight is 617 g/mol. The largest absolute Gasteiger partial charge is 0.465 e. The molecule has 0 saturated carbocycles. The van der Waals surface area contributed by atoms with Crippen LogP contribution in [0.3, 0.4) is 0 Å². The van der Waals surface area contributed by atoms with E-state index in [2.05, 4.69) is 10.6 Å². The molecule has 4 N–H and O–H groups in total. The van der Waals surface area contributed by atoms with E-state index in [1.54, 1.807) is 6.92 Å². The molecular formula is C29H27Cl2FN4O6. The number of fused-ring (bicyclic) bond motifs is 2. The molecule has 13 heteroatoms. The van der Waals surface area contributed by atoms with E-state index in [9.17, 15) is 24.5 Å². The van der Waals surface area contributed by atoms with Crippen molar-refractivity contribution in [2.75, 3.05) is 18.2 Å². The molecule has 0 bridgehead atoms. The number of nitro groups is 1. The number of halogens is 3. The molecule has 2 aliphatic heterocycles. The lowest BCUT2D eigenvalue weighted by Crippen LogP contribution is -2.49. The fourth-order valence-corrected chi connectivity index (χ4v) is 6.30. The molecule has 0 aliphatic carbocycles. The first-order valence-electron chi connectivity index (χ1n) is 12.4. The highest BCUT2D eigenvalue weighted by molar-refractivity contribution is 6.31. The summed E-state index contributed by atoms with van der Waals surface area (Å²) < 4.78 is 20.3. The molecule has 1 spiro atoms. The molecule has 0 radical (unpaired) electrons. The molecule has 42 heavy (non-hydrogen) atoms. The third-order valence-electron chi connectivity index (χ3n) is 7.83. The lowest BCUT2D eigenvalue weighted by Gasteiger charge is -2.30. The zero-order valence-corrected chi connectivity index (χ0v) is 23.2. The van der Waals surface area contributed by atoms with Gasteiger partial charge in [-0.05, 0) is 42.8 Å². The number of nitrogens with one attached hydrogen (secondary N) is 2. The molecule has 3 aromatic rings. The fourth-order valence-electron chi connectivity index (χ4n) is 5.95. The molecule has 2 aliphatic rings. The number of hydrogen-bond acceptors (Lipinski definition) is 8. The van der Waals surface area contributed by atoms with Gasteiger partial charge in [-0.25, -0.2) is 9.18 Å². The highest BCUT2D eigenvalue weighted by Crippen LogP contribution is 2.54. The Morgan fingerprint density at radius 1 is 1.17 bits per heavy atom. The number of anilines is 2. The SMILES string of the molecule is C.COC(=O)c1ccc(C(=O)C[C@@H]2N[C@@]3(C(=O)Nc4cc(Cl)ccc43)[C@@H](c3cccc(Cl)c3F)C2[N+](=O)[O-])c(N)c1C. The van der Waals surface area contributed by atoms with E-state index in [4.69, 9.17) is 33.7 Å². The van der Waals surface area contributed by atoms with E-state index in [-0.39, 0.29) is 34.8 Å². The van der Waals surface area contributed by atoms with E-state index < -0.39 is 58.4 Å². The van der Waals surface area contributed by atoms with Gasteiger partial charge in [-0.15, -0.1) is 0 Å². The van der Waals surface area contributed by atoms with Gasteiger partial charge < -0.3 is 15.8 Å². The summed E-state index contributed by atoms with van der Waals surface area (Å²) in [5, 5.41) is 18.4. The van der Waals surface area contributed by atoms with Crippen LogP contribution in [0.4, 0.5) is 15.8 Å². The summed E-state index contributed by atoms with van der Waals surface area (Å²) in [4.78, 5) is 51.4. The van der Waals surface area contributed by atoms with Crippen molar-refractivity contribution in [3.8, 4) is 0 Å². The molecule has 2 heterocycles. The number of Topliss-reactive ketones (excluding diaryl/α,β-unsaturated/α-hetero) is 1. The van der Waals surface area contributed by atoms with Crippen LogP contribution in [-0.2, 0) is 15.1 Å². The number of methoxy groups -OCH3 is 1. The Morgan fingerprint density at radius 2 is 1.86 bits per heavy atom. The summed E-state index contributed by atoms with van der Waals surface area (Å²) >= 11 is 12.2. The van der Waals surface area contributed by atoms with Gasteiger partial charge in [0.25, 0.3) is 0 Å². The maximum absolute atomic E-state index is 15.5. The molecule has 4 atom stereocenters. The maximum Gasteiger partial charge on any atom is 0.338 e. The first-order chi connectivity index (χ1) is 19.4. The van der Waals surface area contributed by atoms with Crippen LogP contribution in [0.2, 0.25) is 10.0 Å². The Bertz CT molecular complexity index is 1650. The molecular weight excluding hydrogens is 590 g/mol. The van der Waals surface area contributed by atoms with Crippen molar-refractivity contribution in [3.05, 3.63) is 102 Å². The average Bonchev–Trinajstić information content (AvgIpc) is 3.40. The highest BCUT2D eigenvalue weighted by Gasteiger charge is 2.67. The number of rotatable bonds is 6. The van der Waals surface area contributed by atoms with Crippen LogP contribution in [0.15, 0.2) is 48.5 Å². The first kappa shape index (κ1) is 30.9. The minimum atomic E-state index is -1.83. The summed E-state index contributed by atoms with van der Waals surface area (Å²) in [6, 6.07) is 8.45. The van der Waals surface area contributed by atoms with Crippen LogP contribution in [0, 0.1) is 22.9 Å². The Morgan fingerprint density at radius 3 is 2.52 bits per heavy atom. The molecule has 10 nitrogen and oxygen atoms in total. The quantitative estimate of drug-likeness (QED) is 0.111. The number of nitrogens with zero attached hydrogens (tertiary/aromatic N) is 1. The van der Waals surface area contributed by atoms with Crippen LogP contribution in [-0.4, -0.2) is 41.8 Å². The Kier molecular flexibility index (Phi) is 8.32. The van der Waals surface area contributed by atoms with Crippen molar-refractivity contribution >= 4 is 52.2 Å². The third-order valence-corrected chi connectivity index (χ3v) is 8.36. The summed E-state index contributed by atoms with van der Waals surface area (Å²) in [6.45, 7) is 1.55. The third kappa shape index (κ3) is 4.67. The summed E-state index contributed by atoms with van der Waals surface area (Å²) in [6.07, 6.45) is -0.469. The predicted molar refractivity (Wildman–Crippen MR) is 156 cm³/mol. The standard InChI is InChI=1S/C28H23Cl2FN4O6.CH4/c1-12-14(26(37)41-2)7-8-15(24(12)32)21(36)11-20-25(35(39)40)22(16-4-3-5-18(30)23(16)31)28(34-20)17-9-6-13(29)10-19(17)33-27(28)38;/h3-10,20,22,25,34H,11,32H2,1-2H3,(H,33,38);1H4/t20-,22-,25?,28+;/m0./s1. The smallest absolute Gasteiger partial charge is 0.338 e. The van der Waals surface area contributed by atoms with Gasteiger partial charge in [-0.2, -0.15) is 0 Å². The molecule has 220 valence electrons. The second kappa shape index (κ2) is 11.3. The lowest BCUT2D eigenvalue weighted by molar-refractivity contribution is -0.526. The molecule has 1 unspecified atom stereocenters. The van der Waals surface area contributed by atoms with Gasteiger partial charge in [0.1, 0.15) is 11.4 Å². The number of amides is 1. The van der Waals surface area contributed by atoms with Gasteiger partial charge in [0, 0.05) is 44.4 Å². The van der Waals surface area contributed by atoms with E-state index >= 15 is 4.39 Å². The topological polar surface area (TPSA) is 154 Å². The second-order valence-electron chi connectivity index (χ2n) is 9.92. The van der Waals surface area contributed by atoms with E-state index in [0.29, 0.717) is 21.8 Å². The van der Waals surface area contributed by atoms with Crippen molar-refractivity contribution in [1.82, 2.24) is 5.32 Å². The zero-order valence-electron chi connectivity index (χ0n) is 21.7. The maximum atomic E-state index is 15.5. The van der Waals surface area contributed by atoms with Gasteiger partial charge >= 0.3 is 5.97 Å². The van der Waals surface area contributed by atoms with Crippen molar-refractivity contribution in [3.63, 3.8) is 0 Å². The van der Waals surface area contributed by atoms with Gasteiger partial charge in [-0.1, -0.05) is 48.8 Å². The number of benzene rings is 3. The first-order valence-corrected chi connectivity index (χ1v) is 13.1. The molecule has 5 rings (SSSR count). The van der Waals surface area contributed by atoms with Crippen LogP contribution in [0.1, 0.15) is 57.2 Å². The summed E-state index contributed by atoms with van der Waals surface area (Å²) in [7, 11) is 1.21. The van der Waals surface area contributed by atoms with Crippen LogP contribution >= 0.6 is 23.2 Å². The number of carbonyl (C=O) groups is 3. The Balaban J connectivity index is 0.00000405. The van der Waals surface area contributed by atoms with E-state index in [1.165, 1.54) is 55.6 Å². The summed E-state index contributed by atoms with van der Waals surface area (Å²) in [5.74, 6) is -4.20. The van der Waals surface area contributed by atoms with Crippen LogP contribution in [0.5, 0.6) is 0 Å². The van der Waals surface area contributed by atoms with E-state index in [1.807, 2.05) is 0 Å². The van der Waals surface area contributed by atoms with Crippen molar-refractivity contribution in [2.24, 2.45) is 0 Å². The second-order valence-corrected chi connectivity index (χ2v) is 10.8. The van der Waals surface area contributed by atoms with Gasteiger partial charge in [-0.3, -0.25) is 25.0 Å². The molecule has 0 aromatic heterocycles. The number of ketones is 1. The van der Waals surface area contributed by atoms with Gasteiger partial charge in [0.2, 0.25) is 11.9 Å². The predicted octanol–water partition coefficient (Wildman–Crippen LogP) is 5.27. The van der Waals surface area contributed by atoms with Crippen LogP contribution in [0.25, 0.3) is 0 Å². The normalized spacial score (nSPS) is 22.3. The van der Waals surface area contributed by atoms with E-state index in [0.717, 1.165) is 0 Å². The van der Waals surface area contributed by atoms with Crippen molar-refractivity contribution < 1.29 is 28.4 Å². The molecule has 1 fully saturated rings. The van der Waals surface area contributed by atoms with Crippen LogP contribution < -0.4 is 16.4 Å². The zero-order chi connectivity index (χ0) is 29.8. The Labute approximate surface area is 250 Å². The number of esters is 1. The van der Waals surface area contributed by atoms with Gasteiger partial charge in [0.15, 0.2) is 5.78 Å². The number of nitrogen functional groups attached to an aromatic ring is 1. The minimum Gasteiger partial charge on any atom is -0.465 e. The number of carbonyl (C=O) groups excluding carboxylic acids is 3. The Hall–Kier alpha value is -4.06. The lowest BCUT2D eigenvalue weighted by atomic mass is 9.74. The monoisotopic (exact) mass is 616 g/mol. The number of ether oxygens (including phenoxy) is 1. The highest BCUT2D eigenvalue weighted by atomic mass is 35.5. The molecule has 3 aromatic carbocycles. The number of nitrogens with two attached hydrogens (primary N) is 1. The van der Waals surface area contributed by atoms with Gasteiger partial charge in [0.05, 0.1) is 29.7 Å². The molecule has 1 amide bonds. The minimum absolute atomic E-state index is 0. The molecule has 1 saturated heterocycles. The van der Waals surface area contributed by atoms with Crippen molar-refractivity contribution in [2.45, 2.75) is 44.3 Å².